The van der Waals surface area contributed by atoms with Gasteiger partial charge in [-0.3, -0.25) is 4.79 Å². The quantitative estimate of drug-likeness (QED) is 0.568. The summed E-state index contributed by atoms with van der Waals surface area (Å²) in [6, 6.07) is -0.169. The largest absolute Gasteiger partial charge is 0.353 e. The van der Waals surface area contributed by atoms with Crippen LogP contribution in [0, 0.1) is 5.92 Å². The maximum Gasteiger partial charge on any atom is 0.316 e. The molecular weight excluding hydrogens is 220 g/mol. The van der Waals surface area contributed by atoms with Crippen LogP contribution >= 0.6 is 0 Å². The molecule has 0 spiro atoms. The Morgan fingerprint density at radius 3 is 2.29 bits per heavy atom. The summed E-state index contributed by atoms with van der Waals surface area (Å²) in [7, 11) is 3.33. The van der Waals surface area contributed by atoms with E-state index < -0.39 is 5.54 Å². The van der Waals surface area contributed by atoms with Gasteiger partial charge in [-0.1, -0.05) is 0 Å². The number of hydrogen-bond donors (Lipinski definition) is 3. The van der Waals surface area contributed by atoms with Gasteiger partial charge in [0.15, 0.2) is 0 Å². The lowest BCUT2D eigenvalue weighted by Gasteiger charge is -2.23. The SMILES string of the molecule is CN(C)C(=O)NCCNC(=O)C(C)(N)C1CC1. The maximum absolute atomic E-state index is 11.8. The molecule has 1 aliphatic rings. The molecule has 0 aromatic rings. The van der Waals surface area contributed by atoms with Crippen LogP contribution in [0.15, 0.2) is 0 Å². The number of carbonyl (C=O) groups excluding carboxylic acids is 2. The monoisotopic (exact) mass is 242 g/mol. The molecule has 1 saturated carbocycles. The Morgan fingerprint density at radius 1 is 1.29 bits per heavy atom. The van der Waals surface area contributed by atoms with Crippen molar-refractivity contribution in [1.82, 2.24) is 15.5 Å². The Morgan fingerprint density at radius 2 is 1.82 bits per heavy atom. The summed E-state index contributed by atoms with van der Waals surface area (Å²) in [5, 5.41) is 5.41. The number of nitrogens with one attached hydrogen (secondary N) is 2. The molecule has 98 valence electrons. The number of carbonyl (C=O) groups is 2. The molecule has 6 heteroatoms. The van der Waals surface area contributed by atoms with Crippen molar-refractivity contribution in [2.75, 3.05) is 27.2 Å². The smallest absolute Gasteiger partial charge is 0.316 e. The lowest BCUT2D eigenvalue weighted by Crippen LogP contribution is -2.54. The van der Waals surface area contributed by atoms with Gasteiger partial charge >= 0.3 is 6.03 Å². The molecule has 1 fully saturated rings. The van der Waals surface area contributed by atoms with Crippen LogP contribution in [-0.4, -0.2) is 49.6 Å². The number of amides is 3. The molecule has 1 atom stereocenters. The molecule has 0 aromatic carbocycles. The highest BCUT2D eigenvalue weighted by Gasteiger charge is 2.43. The van der Waals surface area contributed by atoms with E-state index >= 15 is 0 Å². The van der Waals surface area contributed by atoms with E-state index in [2.05, 4.69) is 10.6 Å². The van der Waals surface area contributed by atoms with Gasteiger partial charge in [0.25, 0.3) is 0 Å². The predicted octanol–water partition coefficient (Wildman–Crippen LogP) is -0.499. The van der Waals surface area contributed by atoms with Crippen LogP contribution in [0.5, 0.6) is 0 Å². The zero-order valence-corrected chi connectivity index (χ0v) is 10.7. The first-order valence-electron chi connectivity index (χ1n) is 5.88. The first-order valence-corrected chi connectivity index (χ1v) is 5.88. The highest BCUT2D eigenvalue weighted by atomic mass is 16.2. The number of urea groups is 1. The van der Waals surface area contributed by atoms with Crippen LogP contribution in [-0.2, 0) is 4.79 Å². The third kappa shape index (κ3) is 3.89. The minimum atomic E-state index is -0.772. The number of rotatable bonds is 5. The molecule has 0 bridgehead atoms. The average Bonchev–Trinajstić information content (AvgIpc) is 3.06. The third-order valence-corrected chi connectivity index (χ3v) is 3.01. The van der Waals surface area contributed by atoms with E-state index in [1.54, 1.807) is 21.0 Å². The highest BCUT2D eigenvalue weighted by molar-refractivity contribution is 5.86. The van der Waals surface area contributed by atoms with Gasteiger partial charge in [-0.05, 0) is 25.7 Å². The van der Waals surface area contributed by atoms with Crippen molar-refractivity contribution in [3.8, 4) is 0 Å². The van der Waals surface area contributed by atoms with Gasteiger partial charge in [-0.15, -0.1) is 0 Å². The van der Waals surface area contributed by atoms with Crippen molar-refractivity contribution >= 4 is 11.9 Å². The zero-order chi connectivity index (χ0) is 13.1. The minimum absolute atomic E-state index is 0.140. The van der Waals surface area contributed by atoms with Crippen molar-refractivity contribution < 1.29 is 9.59 Å². The lowest BCUT2D eigenvalue weighted by molar-refractivity contribution is -0.126. The van der Waals surface area contributed by atoms with Gasteiger partial charge in [0, 0.05) is 27.2 Å². The van der Waals surface area contributed by atoms with Gasteiger partial charge in [-0.25, -0.2) is 4.79 Å². The minimum Gasteiger partial charge on any atom is -0.353 e. The first-order chi connectivity index (χ1) is 7.85. The van der Waals surface area contributed by atoms with Gasteiger partial charge in [0.1, 0.15) is 0 Å². The Balaban J connectivity index is 2.18. The van der Waals surface area contributed by atoms with E-state index in [0.29, 0.717) is 19.0 Å². The van der Waals surface area contributed by atoms with E-state index in [1.165, 1.54) is 4.90 Å². The van der Waals surface area contributed by atoms with Crippen LogP contribution in [0.4, 0.5) is 4.79 Å². The summed E-state index contributed by atoms with van der Waals surface area (Å²) >= 11 is 0. The van der Waals surface area contributed by atoms with Crippen LogP contribution in [0.25, 0.3) is 0 Å². The number of hydrogen-bond acceptors (Lipinski definition) is 3. The van der Waals surface area contributed by atoms with Crippen molar-refractivity contribution in [2.24, 2.45) is 11.7 Å². The fourth-order valence-corrected chi connectivity index (χ4v) is 1.56. The Kier molecular flexibility index (Phi) is 4.34. The summed E-state index contributed by atoms with van der Waals surface area (Å²) in [6.45, 7) is 2.57. The molecule has 0 saturated heterocycles. The van der Waals surface area contributed by atoms with Gasteiger partial charge < -0.3 is 21.3 Å². The standard InChI is InChI=1S/C11H22N4O2/c1-11(12,8-4-5-8)9(16)13-6-7-14-10(17)15(2)3/h8H,4-7,12H2,1-3H3,(H,13,16)(H,14,17). The van der Waals surface area contributed by atoms with E-state index in [-0.39, 0.29) is 11.9 Å². The molecule has 1 aliphatic carbocycles. The second-order valence-electron chi connectivity index (χ2n) is 4.94. The van der Waals surface area contributed by atoms with E-state index in [4.69, 9.17) is 5.73 Å². The molecule has 3 amide bonds. The van der Waals surface area contributed by atoms with Gasteiger partial charge in [-0.2, -0.15) is 0 Å². The summed E-state index contributed by atoms with van der Waals surface area (Å²) < 4.78 is 0. The van der Waals surface area contributed by atoms with E-state index in [0.717, 1.165) is 12.8 Å². The average molecular weight is 242 g/mol. The van der Waals surface area contributed by atoms with E-state index in [9.17, 15) is 9.59 Å². The zero-order valence-electron chi connectivity index (χ0n) is 10.7. The molecule has 0 heterocycles. The fourth-order valence-electron chi connectivity index (χ4n) is 1.56. The van der Waals surface area contributed by atoms with Crippen LogP contribution in [0.1, 0.15) is 19.8 Å². The third-order valence-electron chi connectivity index (χ3n) is 3.01. The molecule has 6 nitrogen and oxygen atoms in total. The van der Waals surface area contributed by atoms with Crippen LogP contribution < -0.4 is 16.4 Å². The lowest BCUT2D eigenvalue weighted by atomic mass is 9.96. The molecule has 1 unspecified atom stereocenters. The van der Waals surface area contributed by atoms with Crippen LogP contribution in [0.3, 0.4) is 0 Å². The van der Waals surface area contributed by atoms with Crippen LogP contribution in [0.2, 0.25) is 0 Å². The molecule has 1 rings (SSSR count). The Hall–Kier alpha value is -1.30. The second-order valence-corrected chi connectivity index (χ2v) is 4.94. The van der Waals surface area contributed by atoms with Crippen molar-refractivity contribution in [2.45, 2.75) is 25.3 Å². The molecule has 17 heavy (non-hydrogen) atoms. The van der Waals surface area contributed by atoms with Crippen molar-refractivity contribution in [3.05, 3.63) is 0 Å². The summed E-state index contributed by atoms with van der Waals surface area (Å²) in [4.78, 5) is 24.4. The summed E-state index contributed by atoms with van der Waals surface area (Å²) in [6.07, 6.45) is 2.05. The fraction of sp³-hybridized carbons (Fsp3) is 0.818. The van der Waals surface area contributed by atoms with Crippen molar-refractivity contribution in [3.63, 3.8) is 0 Å². The van der Waals surface area contributed by atoms with Gasteiger partial charge in [0.2, 0.25) is 5.91 Å². The highest BCUT2D eigenvalue weighted by Crippen LogP contribution is 2.37. The summed E-state index contributed by atoms with van der Waals surface area (Å²) in [5.74, 6) is 0.165. The first kappa shape index (κ1) is 13.8. The Labute approximate surface area is 102 Å². The van der Waals surface area contributed by atoms with Crippen molar-refractivity contribution in [1.29, 1.82) is 0 Å². The second kappa shape index (κ2) is 5.35. The molecule has 0 aromatic heterocycles. The summed E-state index contributed by atoms with van der Waals surface area (Å²) in [5.41, 5.74) is 5.18. The Bertz CT molecular complexity index is 298. The van der Waals surface area contributed by atoms with E-state index in [1.807, 2.05) is 0 Å². The topological polar surface area (TPSA) is 87.5 Å². The molecule has 0 aliphatic heterocycles. The maximum atomic E-state index is 11.8. The molecule has 4 N–H and O–H groups in total. The molecular formula is C11H22N4O2. The number of nitrogens with two attached hydrogens (primary N) is 1. The normalized spacial score (nSPS) is 18.1. The molecule has 0 radical (unpaired) electrons. The number of nitrogens with zero attached hydrogens (tertiary/aromatic N) is 1. The predicted molar refractivity (Wildman–Crippen MR) is 65.4 cm³/mol. The van der Waals surface area contributed by atoms with Gasteiger partial charge in [0.05, 0.1) is 5.54 Å².